The van der Waals surface area contributed by atoms with Crippen molar-refractivity contribution in [3.8, 4) is 0 Å². The highest BCUT2D eigenvalue weighted by Gasteiger charge is 2.16. The molecule has 21 heavy (non-hydrogen) atoms. The fraction of sp³-hybridized carbons (Fsp3) is 0.368. The Hall–Kier alpha value is -1.12. The van der Waals surface area contributed by atoms with Gasteiger partial charge in [-0.05, 0) is 73.5 Å². The highest BCUT2D eigenvalue weighted by Crippen LogP contribution is 2.28. The van der Waals surface area contributed by atoms with E-state index in [0.29, 0.717) is 6.04 Å². The first-order valence-electron chi connectivity index (χ1n) is 7.72. The number of rotatable bonds is 4. The summed E-state index contributed by atoms with van der Waals surface area (Å²) in [5.74, 6) is 0. The number of halogens is 1. The van der Waals surface area contributed by atoms with E-state index in [2.05, 4.69) is 71.6 Å². The maximum atomic E-state index is 3.64. The van der Waals surface area contributed by atoms with Crippen LogP contribution in [0.25, 0.3) is 0 Å². The first kappa shape index (κ1) is 14.8. The molecular weight excluding hydrogens is 322 g/mol. The maximum absolute atomic E-state index is 3.64. The molecule has 1 aliphatic carbocycles. The largest absolute Gasteiger partial charge is 0.313 e. The van der Waals surface area contributed by atoms with Crippen molar-refractivity contribution in [2.75, 3.05) is 7.05 Å². The van der Waals surface area contributed by atoms with Crippen molar-refractivity contribution in [1.82, 2.24) is 5.32 Å². The standard InChI is InChI=1S/C19H22BrN/c1-13-17(7-4-8-18(13)20)19(21-2)12-14-9-10-15-5-3-6-16(15)11-14/h4,7-11,19,21H,3,5-6,12H2,1-2H3. The summed E-state index contributed by atoms with van der Waals surface area (Å²) in [7, 11) is 2.05. The minimum atomic E-state index is 0.363. The number of hydrogen-bond acceptors (Lipinski definition) is 1. The van der Waals surface area contributed by atoms with Gasteiger partial charge in [-0.1, -0.05) is 46.3 Å². The predicted molar refractivity (Wildman–Crippen MR) is 92.9 cm³/mol. The van der Waals surface area contributed by atoms with Crippen LogP contribution in [0.1, 0.15) is 40.3 Å². The fourth-order valence-corrected chi connectivity index (χ4v) is 3.74. The van der Waals surface area contributed by atoms with E-state index in [1.807, 2.05) is 0 Å². The van der Waals surface area contributed by atoms with Gasteiger partial charge in [-0.25, -0.2) is 0 Å². The third kappa shape index (κ3) is 3.07. The number of aryl methyl sites for hydroxylation is 2. The predicted octanol–water partition coefficient (Wildman–Crippen LogP) is 4.75. The van der Waals surface area contributed by atoms with Gasteiger partial charge in [-0.3, -0.25) is 0 Å². The fourth-order valence-electron chi connectivity index (χ4n) is 3.36. The Bertz CT molecular complexity index is 648. The van der Waals surface area contributed by atoms with Crippen LogP contribution in [0.5, 0.6) is 0 Å². The van der Waals surface area contributed by atoms with Crippen LogP contribution in [0.4, 0.5) is 0 Å². The molecule has 1 atom stereocenters. The molecule has 3 rings (SSSR count). The van der Waals surface area contributed by atoms with Gasteiger partial charge in [0.05, 0.1) is 0 Å². The summed E-state index contributed by atoms with van der Waals surface area (Å²) < 4.78 is 1.19. The third-order valence-electron chi connectivity index (χ3n) is 4.64. The second-order valence-electron chi connectivity index (χ2n) is 5.96. The molecule has 0 spiro atoms. The first-order valence-corrected chi connectivity index (χ1v) is 8.51. The molecule has 0 saturated carbocycles. The number of likely N-dealkylation sites (N-methyl/N-ethyl adjacent to an activating group) is 1. The Balaban J connectivity index is 1.86. The van der Waals surface area contributed by atoms with Gasteiger partial charge < -0.3 is 5.32 Å². The third-order valence-corrected chi connectivity index (χ3v) is 5.50. The lowest BCUT2D eigenvalue weighted by Gasteiger charge is -2.20. The van der Waals surface area contributed by atoms with E-state index >= 15 is 0 Å². The molecule has 0 saturated heterocycles. The topological polar surface area (TPSA) is 12.0 Å². The van der Waals surface area contributed by atoms with Gasteiger partial charge in [0.2, 0.25) is 0 Å². The Morgan fingerprint density at radius 3 is 2.76 bits per heavy atom. The van der Waals surface area contributed by atoms with Crippen LogP contribution in [0.15, 0.2) is 40.9 Å². The van der Waals surface area contributed by atoms with Crippen LogP contribution in [-0.4, -0.2) is 7.05 Å². The molecule has 0 aliphatic heterocycles. The average molecular weight is 344 g/mol. The summed E-state index contributed by atoms with van der Waals surface area (Å²) in [6.45, 7) is 2.19. The van der Waals surface area contributed by atoms with Crippen LogP contribution in [0.3, 0.4) is 0 Å². The number of hydrogen-bond donors (Lipinski definition) is 1. The van der Waals surface area contributed by atoms with Crippen LogP contribution in [-0.2, 0) is 19.3 Å². The molecule has 0 fully saturated rings. The molecule has 2 aromatic carbocycles. The minimum Gasteiger partial charge on any atom is -0.313 e. The number of fused-ring (bicyclic) bond motifs is 1. The molecule has 0 bridgehead atoms. The van der Waals surface area contributed by atoms with Crippen molar-refractivity contribution in [3.63, 3.8) is 0 Å². The molecule has 1 nitrogen and oxygen atoms in total. The summed E-state index contributed by atoms with van der Waals surface area (Å²) in [6.07, 6.45) is 4.87. The molecule has 110 valence electrons. The highest BCUT2D eigenvalue weighted by atomic mass is 79.9. The molecular formula is C19H22BrN. The Kier molecular flexibility index (Phi) is 4.46. The molecule has 1 N–H and O–H groups in total. The van der Waals surface area contributed by atoms with E-state index in [-0.39, 0.29) is 0 Å². The quantitative estimate of drug-likeness (QED) is 0.844. The van der Waals surface area contributed by atoms with Gasteiger partial charge >= 0.3 is 0 Å². The van der Waals surface area contributed by atoms with Gasteiger partial charge in [0.1, 0.15) is 0 Å². The lowest BCUT2D eigenvalue weighted by Crippen LogP contribution is -2.20. The molecule has 2 heteroatoms. The van der Waals surface area contributed by atoms with E-state index in [1.165, 1.54) is 40.4 Å². The molecule has 0 heterocycles. The van der Waals surface area contributed by atoms with Crippen molar-refractivity contribution in [1.29, 1.82) is 0 Å². The molecule has 1 aliphatic rings. The summed E-state index contributed by atoms with van der Waals surface area (Å²) in [6, 6.07) is 13.9. The van der Waals surface area contributed by atoms with Crippen molar-refractivity contribution in [2.45, 2.75) is 38.6 Å². The summed E-state index contributed by atoms with van der Waals surface area (Å²) in [4.78, 5) is 0. The van der Waals surface area contributed by atoms with Crippen molar-refractivity contribution >= 4 is 15.9 Å². The van der Waals surface area contributed by atoms with E-state index in [9.17, 15) is 0 Å². The normalized spacial score (nSPS) is 15.0. The monoisotopic (exact) mass is 343 g/mol. The van der Waals surface area contributed by atoms with Crippen molar-refractivity contribution in [2.24, 2.45) is 0 Å². The van der Waals surface area contributed by atoms with Crippen LogP contribution in [0.2, 0.25) is 0 Å². The van der Waals surface area contributed by atoms with Gasteiger partial charge in [0, 0.05) is 10.5 Å². The van der Waals surface area contributed by atoms with Crippen LogP contribution in [0, 0.1) is 6.92 Å². The summed E-state index contributed by atoms with van der Waals surface area (Å²) >= 11 is 3.64. The SMILES string of the molecule is CNC(Cc1ccc2c(c1)CCC2)c1cccc(Br)c1C. The average Bonchev–Trinajstić information content (AvgIpc) is 2.95. The first-order chi connectivity index (χ1) is 10.2. The second-order valence-corrected chi connectivity index (χ2v) is 6.81. The van der Waals surface area contributed by atoms with E-state index < -0.39 is 0 Å². The lowest BCUT2D eigenvalue weighted by molar-refractivity contribution is 0.588. The highest BCUT2D eigenvalue weighted by molar-refractivity contribution is 9.10. The summed E-state index contributed by atoms with van der Waals surface area (Å²) in [5.41, 5.74) is 7.27. The molecule has 1 unspecified atom stereocenters. The van der Waals surface area contributed by atoms with Crippen molar-refractivity contribution in [3.05, 3.63) is 68.7 Å². The second kappa shape index (κ2) is 6.33. The number of benzene rings is 2. The van der Waals surface area contributed by atoms with Gasteiger partial charge in [-0.2, -0.15) is 0 Å². The van der Waals surface area contributed by atoms with Gasteiger partial charge in [0.15, 0.2) is 0 Å². The summed E-state index contributed by atoms with van der Waals surface area (Å²) in [5, 5.41) is 3.48. The van der Waals surface area contributed by atoms with Crippen LogP contribution < -0.4 is 5.32 Å². The van der Waals surface area contributed by atoms with E-state index in [4.69, 9.17) is 0 Å². The molecule has 0 aromatic heterocycles. The van der Waals surface area contributed by atoms with Gasteiger partial charge in [-0.15, -0.1) is 0 Å². The lowest BCUT2D eigenvalue weighted by atomic mass is 9.94. The zero-order valence-electron chi connectivity index (χ0n) is 12.7. The van der Waals surface area contributed by atoms with Crippen LogP contribution >= 0.6 is 15.9 Å². The molecule has 0 radical (unpaired) electrons. The molecule has 0 amide bonds. The Labute approximate surface area is 135 Å². The smallest absolute Gasteiger partial charge is 0.0361 e. The van der Waals surface area contributed by atoms with Gasteiger partial charge in [0.25, 0.3) is 0 Å². The number of nitrogens with one attached hydrogen (secondary N) is 1. The van der Waals surface area contributed by atoms with E-state index in [0.717, 1.165) is 6.42 Å². The zero-order chi connectivity index (χ0) is 14.8. The minimum absolute atomic E-state index is 0.363. The zero-order valence-corrected chi connectivity index (χ0v) is 14.3. The Morgan fingerprint density at radius 2 is 1.95 bits per heavy atom. The van der Waals surface area contributed by atoms with E-state index in [1.54, 1.807) is 11.1 Å². The van der Waals surface area contributed by atoms with Crippen molar-refractivity contribution < 1.29 is 0 Å². The molecule has 2 aromatic rings. The Morgan fingerprint density at radius 1 is 1.14 bits per heavy atom. The maximum Gasteiger partial charge on any atom is 0.0361 e.